The first-order chi connectivity index (χ1) is 12.1. The van der Waals surface area contributed by atoms with Crippen molar-refractivity contribution in [3.05, 3.63) is 0 Å². The lowest BCUT2D eigenvalue weighted by molar-refractivity contribution is -0.415. The molecule has 0 aliphatic heterocycles. The highest BCUT2D eigenvalue weighted by Gasteiger charge is 2.78. The number of rotatable bonds is 6. The first kappa shape index (κ1) is 28.1. The normalized spacial score (nSPS) is 21.3. The van der Waals surface area contributed by atoms with Gasteiger partial charge >= 0.3 is 50.1 Å². The van der Waals surface area contributed by atoms with Gasteiger partial charge in [0.25, 0.3) is 0 Å². The molecule has 0 bridgehead atoms. The van der Waals surface area contributed by atoms with Crippen LogP contribution in [0.1, 0.15) is 13.8 Å². The highest BCUT2D eigenvalue weighted by molar-refractivity contribution is 7.48. The molecule has 0 spiro atoms. The molecule has 0 aromatic rings. The maximum atomic E-state index is 13.4. The van der Waals surface area contributed by atoms with E-state index >= 15 is 0 Å². The highest BCUT2D eigenvalue weighted by Crippen LogP contribution is 2.65. The molecular formula is C9H6F15O4P. The van der Waals surface area contributed by atoms with Crippen LogP contribution in [0.25, 0.3) is 0 Å². The zero-order chi connectivity index (χ0) is 24.1. The van der Waals surface area contributed by atoms with Crippen molar-refractivity contribution in [2.24, 2.45) is 0 Å². The molecule has 0 fully saturated rings. The Morgan fingerprint density at radius 2 is 0.724 bits per heavy atom. The maximum Gasteiger partial charge on any atom is 0.484 e. The number of hydrogen-bond donors (Lipinski definition) is 0. The third-order valence-corrected chi connectivity index (χ3v) is 4.15. The molecule has 0 aromatic carbocycles. The molecule has 29 heavy (non-hydrogen) atoms. The van der Waals surface area contributed by atoms with E-state index in [0.29, 0.717) is 0 Å². The van der Waals surface area contributed by atoms with Crippen molar-refractivity contribution in [3.8, 4) is 0 Å². The van der Waals surface area contributed by atoms with Crippen molar-refractivity contribution >= 4 is 7.82 Å². The molecular weight excluding hydrogens is 488 g/mol. The van der Waals surface area contributed by atoms with Gasteiger partial charge in [-0.1, -0.05) is 0 Å². The van der Waals surface area contributed by atoms with Crippen LogP contribution in [0.3, 0.4) is 0 Å². The molecule has 0 rings (SSSR count). The van der Waals surface area contributed by atoms with Crippen LogP contribution in [0.15, 0.2) is 0 Å². The largest absolute Gasteiger partial charge is 0.484 e. The molecule has 0 heterocycles. The van der Waals surface area contributed by atoms with Crippen LogP contribution < -0.4 is 0 Å². The summed E-state index contributed by atoms with van der Waals surface area (Å²) in [6.07, 6.45) is -27.8. The Hall–Kier alpha value is -0.940. The van der Waals surface area contributed by atoms with Crippen molar-refractivity contribution in [2.75, 3.05) is 0 Å². The van der Waals surface area contributed by atoms with E-state index in [0.717, 1.165) is 0 Å². The van der Waals surface area contributed by atoms with E-state index in [1.807, 2.05) is 0 Å². The lowest BCUT2D eigenvalue weighted by atomic mass is 10.3. The van der Waals surface area contributed by atoms with Crippen molar-refractivity contribution < 1.29 is 84.0 Å². The number of hydrogen-bond acceptors (Lipinski definition) is 4. The first-order valence-corrected chi connectivity index (χ1v) is 7.64. The lowest BCUT2D eigenvalue weighted by Crippen LogP contribution is -2.55. The molecule has 176 valence electrons. The van der Waals surface area contributed by atoms with Gasteiger partial charge in [-0.15, -0.1) is 0 Å². The quantitative estimate of drug-likeness (QED) is 0.316. The fourth-order valence-electron chi connectivity index (χ4n) is 0.998. The predicted octanol–water partition coefficient (Wildman–Crippen LogP) is 6.43. The van der Waals surface area contributed by atoms with E-state index in [4.69, 9.17) is 0 Å². The highest BCUT2D eigenvalue weighted by atomic mass is 31.2. The van der Waals surface area contributed by atoms with Crippen molar-refractivity contribution in [2.45, 2.75) is 56.1 Å². The second-order valence-corrected chi connectivity index (χ2v) is 6.58. The number of alkyl halides is 15. The van der Waals surface area contributed by atoms with Gasteiger partial charge in [-0.2, -0.15) is 57.1 Å². The zero-order valence-corrected chi connectivity index (χ0v) is 14.1. The number of phosphoric ester groups is 1. The molecule has 0 saturated carbocycles. The molecule has 4 nitrogen and oxygen atoms in total. The average molecular weight is 494 g/mol. The fourth-order valence-corrected chi connectivity index (χ4v) is 2.67. The molecule has 0 N–H and O–H groups in total. The molecule has 2 atom stereocenters. The standard InChI is InChI=1S/C9H6F15O4P/c1-3(10,6(13,14)15)26-29(25,27-4(2,11)7(16,17)18)28-5(12,8(19,20)21)9(22,23)24/h1-2H3. The van der Waals surface area contributed by atoms with E-state index in [9.17, 15) is 70.4 Å². The van der Waals surface area contributed by atoms with E-state index in [1.165, 1.54) is 0 Å². The topological polar surface area (TPSA) is 44.8 Å². The number of halogens is 15. The van der Waals surface area contributed by atoms with Gasteiger partial charge in [-0.3, -0.25) is 0 Å². The molecule has 2 unspecified atom stereocenters. The van der Waals surface area contributed by atoms with Crippen LogP contribution in [0, 0.1) is 0 Å². The summed E-state index contributed by atoms with van der Waals surface area (Å²) in [5.74, 6) is -18.7. The molecule has 0 aliphatic carbocycles. The van der Waals surface area contributed by atoms with Gasteiger partial charge in [0.05, 0.1) is 0 Å². The molecule has 20 heteroatoms. The van der Waals surface area contributed by atoms with Crippen molar-refractivity contribution in [3.63, 3.8) is 0 Å². The Bertz CT molecular complexity index is 582. The summed E-state index contributed by atoms with van der Waals surface area (Å²) in [6, 6.07) is 0. The van der Waals surface area contributed by atoms with E-state index in [2.05, 4.69) is 13.6 Å². The Labute approximate surface area is 149 Å². The van der Waals surface area contributed by atoms with Gasteiger partial charge in [0.15, 0.2) is 0 Å². The Morgan fingerprint density at radius 1 is 0.483 bits per heavy atom. The Kier molecular flexibility index (Phi) is 7.10. The summed E-state index contributed by atoms with van der Waals surface area (Å²) >= 11 is 0. The van der Waals surface area contributed by atoms with Gasteiger partial charge < -0.3 is 0 Å². The van der Waals surface area contributed by atoms with Crippen LogP contribution in [0.5, 0.6) is 0 Å². The van der Waals surface area contributed by atoms with Gasteiger partial charge in [0.2, 0.25) is 0 Å². The van der Waals surface area contributed by atoms with Gasteiger partial charge in [-0.25, -0.2) is 26.9 Å². The minimum Gasteiger partial charge on any atom is -0.239 e. The van der Waals surface area contributed by atoms with Crippen LogP contribution >= 0.6 is 7.82 Å². The Morgan fingerprint density at radius 3 is 0.897 bits per heavy atom. The zero-order valence-electron chi connectivity index (χ0n) is 13.2. The number of phosphoric acid groups is 1. The van der Waals surface area contributed by atoms with Gasteiger partial charge in [0.1, 0.15) is 0 Å². The average Bonchev–Trinajstić information content (AvgIpc) is 2.30. The van der Waals surface area contributed by atoms with Crippen LogP contribution in [-0.2, 0) is 18.1 Å². The minimum absolute atomic E-state index is 0.934. The second-order valence-electron chi connectivity index (χ2n) is 5.14. The fraction of sp³-hybridized carbons (Fsp3) is 1.00. The van der Waals surface area contributed by atoms with E-state index < -0.39 is 63.9 Å². The SMILES string of the molecule is CC(F)(OP(=O)(OC(C)(F)C(F)(F)F)OC(F)(C(F)(F)F)C(F)(F)F)C(F)(F)F. The maximum absolute atomic E-state index is 13.4. The van der Waals surface area contributed by atoms with E-state index in [1.54, 1.807) is 0 Å². The summed E-state index contributed by atoms with van der Waals surface area (Å²) in [5.41, 5.74) is 0. The second kappa shape index (κ2) is 7.33. The lowest BCUT2D eigenvalue weighted by Gasteiger charge is -2.36. The molecule has 0 aliphatic rings. The summed E-state index contributed by atoms with van der Waals surface area (Å²) in [5, 5.41) is 0. The Balaban J connectivity index is 6.57. The summed E-state index contributed by atoms with van der Waals surface area (Å²) in [7, 11) is -7.97. The third kappa shape index (κ3) is 6.04. The summed E-state index contributed by atoms with van der Waals surface area (Å²) in [6.45, 7) is -1.87. The summed E-state index contributed by atoms with van der Waals surface area (Å²) < 4.78 is 207. The van der Waals surface area contributed by atoms with Crippen molar-refractivity contribution in [1.82, 2.24) is 0 Å². The molecule has 0 aromatic heterocycles. The van der Waals surface area contributed by atoms with Gasteiger partial charge in [0, 0.05) is 13.8 Å². The molecule has 0 radical (unpaired) electrons. The molecule has 0 amide bonds. The van der Waals surface area contributed by atoms with Crippen LogP contribution in [-0.4, -0.2) is 42.3 Å². The monoisotopic (exact) mass is 494 g/mol. The third-order valence-electron chi connectivity index (χ3n) is 2.55. The first-order valence-electron chi connectivity index (χ1n) is 6.18. The predicted molar refractivity (Wildman–Crippen MR) is 57.9 cm³/mol. The summed E-state index contributed by atoms with van der Waals surface area (Å²) in [4.78, 5) is 0. The minimum atomic E-state index is -7.97. The van der Waals surface area contributed by atoms with E-state index in [-0.39, 0.29) is 0 Å². The molecule has 0 saturated heterocycles. The van der Waals surface area contributed by atoms with Crippen LogP contribution in [0.4, 0.5) is 65.9 Å². The van der Waals surface area contributed by atoms with Gasteiger partial charge in [-0.05, 0) is 0 Å². The van der Waals surface area contributed by atoms with Crippen molar-refractivity contribution in [1.29, 1.82) is 0 Å². The van der Waals surface area contributed by atoms with Crippen LogP contribution in [0.2, 0.25) is 0 Å². The smallest absolute Gasteiger partial charge is 0.239 e.